The van der Waals surface area contributed by atoms with Gasteiger partial charge in [-0.2, -0.15) is 0 Å². The molecule has 77 heavy (non-hydrogen) atoms. The van der Waals surface area contributed by atoms with Crippen molar-refractivity contribution in [2.45, 2.75) is 122 Å². The smallest absolute Gasteiger partial charge is 0.323 e. The van der Waals surface area contributed by atoms with Crippen LogP contribution in [-0.4, -0.2) is 171 Å². The Morgan fingerprint density at radius 1 is 0.961 bits per heavy atom. The van der Waals surface area contributed by atoms with Crippen LogP contribution in [0.3, 0.4) is 0 Å². The van der Waals surface area contributed by atoms with Gasteiger partial charge in [0, 0.05) is 80.9 Å². The van der Waals surface area contributed by atoms with Crippen molar-refractivity contribution in [3.63, 3.8) is 0 Å². The molecule has 1 spiro atoms. The third-order valence-corrected chi connectivity index (χ3v) is 17.3. The van der Waals surface area contributed by atoms with Crippen LogP contribution in [0.5, 0.6) is 0 Å². The zero-order chi connectivity index (χ0) is 54.4. The van der Waals surface area contributed by atoms with Crippen LogP contribution >= 0.6 is 0 Å². The predicted octanol–water partition coefficient (Wildman–Crippen LogP) is 4.82. The maximum absolute atomic E-state index is 15.1. The molecule has 407 valence electrons. The lowest BCUT2D eigenvalue weighted by molar-refractivity contribution is -0.158. The van der Waals surface area contributed by atoms with Crippen molar-refractivity contribution in [2.24, 2.45) is 16.7 Å². The lowest BCUT2D eigenvalue weighted by atomic mass is 9.84. The highest BCUT2D eigenvalue weighted by atomic mass is 28.1. The number of aryl methyl sites for hydroxylation is 1. The molecular formula is C59H73N8O9Si. The van der Waals surface area contributed by atoms with Gasteiger partial charge in [0.25, 0.3) is 11.8 Å². The second-order valence-electron chi connectivity index (χ2n) is 23.1. The molecule has 17 nitrogen and oxygen atoms in total. The number of cyclic esters (lactones) is 1. The van der Waals surface area contributed by atoms with E-state index >= 15 is 4.79 Å². The molecule has 2 aromatic heterocycles. The third kappa shape index (κ3) is 10.7. The van der Waals surface area contributed by atoms with E-state index in [1.165, 1.54) is 5.01 Å². The number of esters is 1. The molecule has 18 heteroatoms. The van der Waals surface area contributed by atoms with E-state index in [0.717, 1.165) is 56.7 Å². The first-order valence-corrected chi connectivity index (χ1v) is 28.0. The molecule has 3 radical (unpaired) electrons. The van der Waals surface area contributed by atoms with Gasteiger partial charge in [-0.05, 0) is 104 Å². The Balaban J connectivity index is 0.950. The Bertz CT molecular complexity index is 3000. The summed E-state index contributed by atoms with van der Waals surface area (Å²) in [6.45, 7) is 17.2. The molecule has 0 unspecified atom stereocenters. The molecule has 6 aliphatic heterocycles. The van der Waals surface area contributed by atoms with Crippen LogP contribution in [0.1, 0.15) is 90.2 Å². The average molecular weight is 1070 g/mol. The van der Waals surface area contributed by atoms with Crippen molar-refractivity contribution in [1.82, 2.24) is 40.0 Å². The minimum absolute atomic E-state index is 0.0855. The number of amides is 4. The number of hydrogen-bond acceptors (Lipinski definition) is 12. The number of nitrogens with one attached hydrogen (secondary N) is 2. The predicted molar refractivity (Wildman–Crippen MR) is 291 cm³/mol. The fraction of sp³-hybridized carbons (Fsp3) is 0.559. The number of morpholine rings is 1. The van der Waals surface area contributed by atoms with Gasteiger partial charge >= 0.3 is 5.97 Å². The van der Waals surface area contributed by atoms with Gasteiger partial charge in [-0.15, -0.1) is 0 Å². The number of carbonyl (C=O) groups excluding carboxylic acids is 5. The zero-order valence-corrected chi connectivity index (χ0v) is 46.6. The van der Waals surface area contributed by atoms with E-state index in [2.05, 4.69) is 99.5 Å². The minimum atomic E-state index is -1.43. The number of fused-ring (bicyclic) bond motifs is 6. The van der Waals surface area contributed by atoms with E-state index in [4.69, 9.17) is 23.9 Å². The summed E-state index contributed by atoms with van der Waals surface area (Å²) in [6.07, 6.45) is 3.97. The van der Waals surface area contributed by atoms with Crippen LogP contribution in [0.15, 0.2) is 60.8 Å². The number of hydrogen-bond donors (Lipinski definition) is 2. The monoisotopic (exact) mass is 1070 g/mol. The van der Waals surface area contributed by atoms with Crippen molar-refractivity contribution in [3.8, 4) is 34.2 Å². The van der Waals surface area contributed by atoms with E-state index in [1.807, 2.05) is 39.0 Å². The second kappa shape index (κ2) is 22.1. The van der Waals surface area contributed by atoms with Gasteiger partial charge in [0.2, 0.25) is 11.8 Å². The average Bonchev–Trinajstić information content (AvgIpc) is 4.14. The number of nitrogens with zero attached hydrogens (tertiary/aromatic N) is 6. The maximum Gasteiger partial charge on any atom is 0.323 e. The summed E-state index contributed by atoms with van der Waals surface area (Å²) >= 11 is 0. The Hall–Kier alpha value is -5.94. The van der Waals surface area contributed by atoms with Crippen molar-refractivity contribution in [1.29, 1.82) is 0 Å². The molecule has 5 saturated heterocycles. The molecule has 0 aliphatic carbocycles. The van der Waals surface area contributed by atoms with Gasteiger partial charge in [-0.25, -0.2) is 5.43 Å². The van der Waals surface area contributed by atoms with Crippen LogP contribution in [0.2, 0.25) is 0 Å². The van der Waals surface area contributed by atoms with Crippen LogP contribution in [-0.2, 0) is 62.3 Å². The molecule has 6 atom stereocenters. The van der Waals surface area contributed by atoms with Crippen molar-refractivity contribution in [2.75, 3.05) is 72.9 Å². The van der Waals surface area contributed by atoms with Crippen LogP contribution < -0.4 is 10.7 Å². The van der Waals surface area contributed by atoms with Gasteiger partial charge in [-0.1, -0.05) is 63.9 Å². The van der Waals surface area contributed by atoms with Crippen molar-refractivity contribution < 1.29 is 42.9 Å². The van der Waals surface area contributed by atoms with Crippen LogP contribution in [0.25, 0.3) is 33.3 Å². The third-order valence-electron chi connectivity index (χ3n) is 16.8. The molecule has 0 saturated carbocycles. The largest absolute Gasteiger partial charge is 0.464 e. The number of methoxy groups -OCH3 is 1. The first-order chi connectivity index (χ1) is 36.9. The molecule has 4 amide bonds. The summed E-state index contributed by atoms with van der Waals surface area (Å²) < 4.78 is 25.5. The molecule has 2 aromatic carbocycles. The highest BCUT2D eigenvalue weighted by Crippen LogP contribution is 2.44. The van der Waals surface area contributed by atoms with E-state index < -0.39 is 45.9 Å². The molecule has 8 heterocycles. The number of carbonyl (C=O) groups is 5. The normalized spacial score (nSPS) is 26.0. The zero-order valence-electron chi connectivity index (χ0n) is 45.6. The Morgan fingerprint density at radius 3 is 2.51 bits per heavy atom. The van der Waals surface area contributed by atoms with Gasteiger partial charge in [-0.3, -0.25) is 38.9 Å². The number of benzene rings is 2. The van der Waals surface area contributed by atoms with Crippen molar-refractivity contribution >= 4 is 50.7 Å². The lowest BCUT2D eigenvalue weighted by Gasteiger charge is -2.42. The topological polar surface area (TPSA) is 177 Å². The van der Waals surface area contributed by atoms with Gasteiger partial charge < -0.3 is 38.6 Å². The second-order valence-corrected chi connectivity index (χ2v) is 23.9. The molecule has 5 fully saturated rings. The summed E-state index contributed by atoms with van der Waals surface area (Å²) in [5.41, 5.74) is 9.50. The first kappa shape index (κ1) is 54.4. The fourth-order valence-electron chi connectivity index (χ4n) is 12.5. The maximum atomic E-state index is 15.1. The number of pyridine rings is 1. The number of ether oxygens (including phenoxy) is 4. The molecule has 10 rings (SSSR count). The number of rotatable bonds is 9. The SMILES string of the molecule is CCn1c(-c2cccnc2[C@H](C)OC)c2c3cc(ccc31)-c1cccc(c1)C[C@H](NC(=O)[C@H](C(C)C)N1CC[C@@]3(CCN(C(=O)C#C[C@H]4COCCN4C4COC4)C3)C1=O)C(=O)N1CCC[C@@]([Si])(N1)C(=O)OCC(C)(C)C2. The van der Waals surface area contributed by atoms with E-state index in [9.17, 15) is 19.2 Å². The number of hydrazine groups is 1. The highest BCUT2D eigenvalue weighted by molar-refractivity contribution is 6.27. The van der Waals surface area contributed by atoms with E-state index in [0.29, 0.717) is 78.2 Å². The lowest BCUT2D eigenvalue weighted by Crippen LogP contribution is -2.67. The van der Waals surface area contributed by atoms with Crippen LogP contribution in [0.4, 0.5) is 0 Å². The Morgan fingerprint density at radius 2 is 1.75 bits per heavy atom. The molecule has 2 N–H and O–H groups in total. The quantitative estimate of drug-likeness (QED) is 0.133. The Labute approximate surface area is 455 Å². The summed E-state index contributed by atoms with van der Waals surface area (Å²) in [4.78, 5) is 83.1. The molecule has 4 aromatic rings. The summed E-state index contributed by atoms with van der Waals surface area (Å²) in [5, 5.41) is 4.19. The van der Waals surface area contributed by atoms with Gasteiger partial charge in [0.05, 0.1) is 78.3 Å². The number of likely N-dealkylation sites (tertiary alicyclic amines) is 2. The Kier molecular flexibility index (Phi) is 15.6. The first-order valence-electron chi connectivity index (χ1n) is 27.5. The van der Waals surface area contributed by atoms with E-state index in [1.54, 1.807) is 23.1 Å². The standard InChI is InChI=1S/C59H73N8O9Si/c1-8-64-48-17-15-41-30-45(48)46(52(64)44-14-10-22-60-50(44)38(4)73-7)31-57(5,6)36-76-56(72)59(77)19-11-23-67(62-59)54(70)47(29-39-12-9-13-40(41)28-39)61-53(69)51(37(2)3)66-25-21-58(55(66)71)20-24-63(35-58)49(68)18-16-42-32-74-27-26-65(42)43-33-75-34-43/h9-10,12-15,17,22,28,30,37-38,42-43,47,51,62H,8,11,19-21,23-27,29,31-36H2,1-7H3,(H,61,69)/t38-,42-,47-,51-,58+,59-/m0/s1. The summed E-state index contributed by atoms with van der Waals surface area (Å²) in [5.74, 6) is 3.76. The molecular weight excluding hydrogens is 993 g/mol. The molecule has 6 bridgehead atoms. The summed E-state index contributed by atoms with van der Waals surface area (Å²) in [7, 11) is 5.45. The number of aromatic nitrogens is 2. The minimum Gasteiger partial charge on any atom is -0.464 e. The van der Waals surface area contributed by atoms with Crippen LogP contribution in [0, 0.1) is 28.6 Å². The van der Waals surface area contributed by atoms with E-state index in [-0.39, 0.29) is 62.0 Å². The van der Waals surface area contributed by atoms with Gasteiger partial charge in [0.1, 0.15) is 17.2 Å². The van der Waals surface area contributed by atoms with Gasteiger partial charge in [0.15, 0.2) is 0 Å². The molecule has 6 aliphatic rings. The highest BCUT2D eigenvalue weighted by Gasteiger charge is 2.54. The summed E-state index contributed by atoms with van der Waals surface area (Å²) in [6, 6.07) is 16.7. The van der Waals surface area contributed by atoms with Crippen molar-refractivity contribution in [3.05, 3.63) is 77.6 Å². The fourth-order valence-corrected chi connectivity index (χ4v) is 12.8.